The highest BCUT2D eigenvalue weighted by atomic mass is 32.2. The maximum absolute atomic E-state index is 10.8. The van der Waals surface area contributed by atoms with Crippen molar-refractivity contribution in [3.05, 3.63) is 0 Å². The molecule has 0 aromatic rings. The van der Waals surface area contributed by atoms with Gasteiger partial charge in [-0.2, -0.15) is 0 Å². The number of carbonyl (C=O) groups is 2. The summed E-state index contributed by atoms with van der Waals surface area (Å²) in [6, 6.07) is 0. The second-order valence-corrected chi connectivity index (χ2v) is 3.04. The molecule has 0 radical (unpaired) electrons. The van der Waals surface area contributed by atoms with Crippen LogP contribution in [0.25, 0.3) is 0 Å². The molecule has 4 nitrogen and oxygen atoms in total. The van der Waals surface area contributed by atoms with Crippen LogP contribution in [0.15, 0.2) is 0 Å². The smallest absolute Gasteiger partial charge is 0.312 e. The predicted octanol–water partition coefficient (Wildman–Crippen LogP) is -0.995. The molecule has 2 amide bonds. The summed E-state index contributed by atoms with van der Waals surface area (Å²) in [5.74, 6) is 0.0772. The van der Waals surface area contributed by atoms with E-state index in [1.165, 1.54) is 4.90 Å². The Hall–Kier alpha value is -0.710. The van der Waals surface area contributed by atoms with Gasteiger partial charge in [0.1, 0.15) is 0 Å². The van der Waals surface area contributed by atoms with E-state index in [2.05, 4.69) is 0 Å². The van der Waals surface area contributed by atoms with E-state index >= 15 is 0 Å². The van der Waals surface area contributed by atoms with Gasteiger partial charge in [0.05, 0.1) is 5.88 Å². The summed E-state index contributed by atoms with van der Waals surface area (Å²) in [4.78, 5) is 22.5. The lowest BCUT2D eigenvalue weighted by Gasteiger charge is -2.10. The highest BCUT2D eigenvalue weighted by Gasteiger charge is 2.21. The van der Waals surface area contributed by atoms with Gasteiger partial charge in [-0.05, 0) is 0 Å². The number of nitrogens with two attached hydrogens (primary N) is 1. The van der Waals surface area contributed by atoms with Crippen molar-refractivity contribution in [2.24, 2.45) is 5.73 Å². The number of rotatable bonds is 0. The molecule has 0 spiro atoms. The normalized spacial score (nSPS) is 17.4. The third kappa shape index (κ3) is 1.41. The molecule has 10 heavy (non-hydrogen) atoms. The van der Waals surface area contributed by atoms with Gasteiger partial charge in [0.15, 0.2) is 0 Å². The summed E-state index contributed by atoms with van der Waals surface area (Å²) in [6.07, 6.45) is 0. The van der Waals surface area contributed by atoms with E-state index in [9.17, 15) is 9.59 Å². The molecule has 0 aromatic heterocycles. The van der Waals surface area contributed by atoms with Crippen LogP contribution in [-0.2, 0) is 9.59 Å². The topological polar surface area (TPSA) is 63.4 Å². The third-order valence-corrected chi connectivity index (χ3v) is 2.22. The SMILES string of the molecule is NC(=O)C(=O)N1CCSC1. The van der Waals surface area contributed by atoms with E-state index in [0.717, 1.165) is 5.75 Å². The van der Waals surface area contributed by atoms with Gasteiger partial charge in [0.2, 0.25) is 0 Å². The van der Waals surface area contributed by atoms with Crippen molar-refractivity contribution in [3.8, 4) is 0 Å². The van der Waals surface area contributed by atoms with E-state index in [1.807, 2.05) is 0 Å². The molecule has 0 saturated carbocycles. The first-order chi connectivity index (χ1) is 4.72. The number of nitrogens with zero attached hydrogens (tertiary/aromatic N) is 1. The molecule has 1 heterocycles. The van der Waals surface area contributed by atoms with Crippen LogP contribution in [-0.4, -0.2) is 34.9 Å². The third-order valence-electron chi connectivity index (χ3n) is 1.25. The number of primary amides is 1. The summed E-state index contributed by atoms with van der Waals surface area (Å²) >= 11 is 1.63. The summed E-state index contributed by atoms with van der Waals surface area (Å²) in [6.45, 7) is 0.645. The van der Waals surface area contributed by atoms with Crippen molar-refractivity contribution in [1.82, 2.24) is 4.90 Å². The minimum Gasteiger partial charge on any atom is -0.361 e. The van der Waals surface area contributed by atoms with Gasteiger partial charge < -0.3 is 10.6 Å². The van der Waals surface area contributed by atoms with Crippen LogP contribution in [0, 0.1) is 0 Å². The van der Waals surface area contributed by atoms with E-state index in [-0.39, 0.29) is 0 Å². The Morgan fingerprint density at radius 2 is 2.20 bits per heavy atom. The van der Waals surface area contributed by atoms with Crippen molar-refractivity contribution < 1.29 is 9.59 Å². The van der Waals surface area contributed by atoms with Crippen LogP contribution < -0.4 is 5.73 Å². The molecule has 1 aliphatic heterocycles. The molecule has 2 N–H and O–H groups in total. The molecule has 1 saturated heterocycles. The first-order valence-electron chi connectivity index (χ1n) is 2.88. The highest BCUT2D eigenvalue weighted by Crippen LogP contribution is 2.12. The molecule has 0 aliphatic carbocycles. The van der Waals surface area contributed by atoms with E-state index in [4.69, 9.17) is 5.73 Å². The Morgan fingerprint density at radius 3 is 2.60 bits per heavy atom. The lowest BCUT2D eigenvalue weighted by atomic mass is 10.5. The van der Waals surface area contributed by atoms with E-state index < -0.39 is 11.8 Å². The van der Waals surface area contributed by atoms with Gasteiger partial charge in [-0.3, -0.25) is 9.59 Å². The fourth-order valence-corrected chi connectivity index (χ4v) is 1.68. The van der Waals surface area contributed by atoms with Crippen LogP contribution in [0.3, 0.4) is 0 Å². The lowest BCUT2D eigenvalue weighted by Crippen LogP contribution is -2.38. The molecule has 1 aliphatic rings. The minimum absolute atomic E-state index is 0.565. The van der Waals surface area contributed by atoms with Gasteiger partial charge >= 0.3 is 11.8 Å². The molecule has 1 fully saturated rings. The number of carbonyl (C=O) groups excluding carboxylic acids is 2. The molecule has 0 unspecified atom stereocenters. The fraction of sp³-hybridized carbons (Fsp3) is 0.600. The quantitative estimate of drug-likeness (QED) is 0.462. The highest BCUT2D eigenvalue weighted by molar-refractivity contribution is 7.99. The van der Waals surface area contributed by atoms with Crippen LogP contribution in [0.2, 0.25) is 0 Å². The van der Waals surface area contributed by atoms with Crippen molar-refractivity contribution in [1.29, 1.82) is 0 Å². The Balaban J connectivity index is 2.48. The van der Waals surface area contributed by atoms with Gasteiger partial charge in [-0.15, -0.1) is 11.8 Å². The fourth-order valence-electron chi connectivity index (χ4n) is 0.730. The Kier molecular flexibility index (Phi) is 2.16. The monoisotopic (exact) mass is 160 g/mol. The van der Waals surface area contributed by atoms with Gasteiger partial charge in [0.25, 0.3) is 0 Å². The molecule has 56 valence electrons. The molecule has 1 rings (SSSR count). The molecule has 0 bridgehead atoms. The molecule has 0 aromatic carbocycles. The van der Waals surface area contributed by atoms with Crippen molar-refractivity contribution in [3.63, 3.8) is 0 Å². The summed E-state index contributed by atoms with van der Waals surface area (Å²) in [7, 11) is 0. The van der Waals surface area contributed by atoms with Crippen molar-refractivity contribution in [2.75, 3.05) is 18.2 Å². The first kappa shape index (κ1) is 7.40. The summed E-state index contributed by atoms with van der Waals surface area (Å²) in [5, 5.41) is 0. The second-order valence-electron chi connectivity index (χ2n) is 1.97. The van der Waals surface area contributed by atoms with E-state index in [1.54, 1.807) is 11.8 Å². The van der Waals surface area contributed by atoms with Gasteiger partial charge in [-0.1, -0.05) is 0 Å². The predicted molar refractivity (Wildman–Crippen MR) is 38.2 cm³/mol. The Bertz CT molecular complexity index is 165. The maximum Gasteiger partial charge on any atom is 0.312 e. The Labute approximate surface area is 62.7 Å². The van der Waals surface area contributed by atoms with Crippen LogP contribution in [0.5, 0.6) is 0 Å². The number of amides is 2. The average molecular weight is 160 g/mol. The van der Waals surface area contributed by atoms with Crippen LogP contribution in [0.4, 0.5) is 0 Å². The zero-order chi connectivity index (χ0) is 7.56. The molecule has 0 atom stereocenters. The Morgan fingerprint density at radius 1 is 1.50 bits per heavy atom. The molecule has 5 heteroatoms. The van der Waals surface area contributed by atoms with Crippen molar-refractivity contribution >= 4 is 23.6 Å². The first-order valence-corrected chi connectivity index (χ1v) is 4.04. The van der Waals surface area contributed by atoms with Crippen LogP contribution in [0.1, 0.15) is 0 Å². The zero-order valence-electron chi connectivity index (χ0n) is 5.37. The second kappa shape index (κ2) is 2.92. The van der Waals surface area contributed by atoms with E-state index in [0.29, 0.717) is 12.4 Å². The average Bonchev–Trinajstić information content (AvgIpc) is 2.36. The largest absolute Gasteiger partial charge is 0.361 e. The van der Waals surface area contributed by atoms with Gasteiger partial charge in [-0.25, -0.2) is 0 Å². The molecular formula is C5H8N2O2S. The standard InChI is InChI=1S/C5H8N2O2S/c6-4(8)5(9)7-1-2-10-3-7/h1-3H2,(H2,6,8). The minimum atomic E-state index is -0.859. The van der Waals surface area contributed by atoms with Crippen molar-refractivity contribution in [2.45, 2.75) is 0 Å². The molecular weight excluding hydrogens is 152 g/mol. The number of hydrogen-bond acceptors (Lipinski definition) is 3. The zero-order valence-corrected chi connectivity index (χ0v) is 6.19. The lowest BCUT2D eigenvalue weighted by molar-refractivity contribution is -0.143. The maximum atomic E-state index is 10.8. The number of thioether (sulfide) groups is 1. The summed E-state index contributed by atoms with van der Waals surface area (Å²) < 4.78 is 0. The van der Waals surface area contributed by atoms with Gasteiger partial charge in [0, 0.05) is 12.3 Å². The number of hydrogen-bond donors (Lipinski definition) is 1. The summed E-state index contributed by atoms with van der Waals surface area (Å²) in [5.41, 5.74) is 4.78. The van der Waals surface area contributed by atoms with Crippen LogP contribution >= 0.6 is 11.8 Å².